The molecule has 0 saturated heterocycles. The van der Waals surface area contributed by atoms with E-state index in [2.05, 4.69) is 15.0 Å². The van der Waals surface area contributed by atoms with Gasteiger partial charge in [-0.2, -0.15) is 0 Å². The molecule has 0 saturated carbocycles. The number of carbonyl (C=O) groups is 2. The molecule has 3 aromatic rings. The summed E-state index contributed by atoms with van der Waals surface area (Å²) in [5.74, 6) is -0.366. The van der Waals surface area contributed by atoms with Gasteiger partial charge in [0.1, 0.15) is 4.88 Å². The maximum Gasteiger partial charge on any atom is 0.350 e. The van der Waals surface area contributed by atoms with E-state index >= 15 is 0 Å². The first kappa shape index (κ1) is 20.6. The van der Waals surface area contributed by atoms with Gasteiger partial charge in [0.15, 0.2) is 17.4 Å². The first-order valence-corrected chi connectivity index (χ1v) is 10.0. The molecule has 2 aromatic heterocycles. The first-order chi connectivity index (χ1) is 14.0. The number of benzene rings is 1. The summed E-state index contributed by atoms with van der Waals surface area (Å²) in [5, 5.41) is 0.536. The third kappa shape index (κ3) is 5.23. The predicted octanol–water partition coefficient (Wildman–Crippen LogP) is 3.50. The molecular formula is C21H22N4O3S. The number of hydrogen-bond acceptors (Lipinski definition) is 7. The van der Waals surface area contributed by atoms with Crippen molar-refractivity contribution in [2.45, 2.75) is 33.4 Å². The standard InChI is InChI=1S/C21H22N4O3S/c1-14(2)25(12-16-8-5-4-6-9-16)17(26)13-28-21(27)18-15(3)24-20(29-18)19-22-10-7-11-23-19/h4-11,14H,12-13H2,1-3H3. The smallest absolute Gasteiger partial charge is 0.350 e. The minimum atomic E-state index is -0.570. The van der Waals surface area contributed by atoms with E-state index in [-0.39, 0.29) is 18.6 Å². The first-order valence-electron chi connectivity index (χ1n) is 9.21. The third-order valence-corrected chi connectivity index (χ3v) is 5.34. The maximum atomic E-state index is 12.7. The highest BCUT2D eigenvalue weighted by molar-refractivity contribution is 7.16. The second-order valence-electron chi connectivity index (χ2n) is 6.68. The number of amides is 1. The van der Waals surface area contributed by atoms with Crippen molar-refractivity contribution in [1.29, 1.82) is 0 Å². The highest BCUT2D eigenvalue weighted by Gasteiger charge is 2.22. The summed E-state index contributed by atoms with van der Waals surface area (Å²) >= 11 is 1.15. The second kappa shape index (κ2) is 9.38. The van der Waals surface area contributed by atoms with Crippen molar-refractivity contribution in [3.8, 4) is 10.8 Å². The van der Waals surface area contributed by atoms with Crippen LogP contribution in [-0.4, -0.2) is 44.4 Å². The summed E-state index contributed by atoms with van der Waals surface area (Å²) in [6.45, 7) is 5.73. The van der Waals surface area contributed by atoms with Crippen LogP contribution in [-0.2, 0) is 16.1 Å². The third-order valence-electron chi connectivity index (χ3n) is 4.21. The Hall–Kier alpha value is -3.13. The molecule has 2 heterocycles. The van der Waals surface area contributed by atoms with Crippen LogP contribution in [0.3, 0.4) is 0 Å². The summed E-state index contributed by atoms with van der Waals surface area (Å²) < 4.78 is 5.29. The highest BCUT2D eigenvalue weighted by Crippen LogP contribution is 2.25. The number of carbonyl (C=O) groups excluding carboxylic acids is 2. The molecule has 0 aliphatic rings. The van der Waals surface area contributed by atoms with Gasteiger partial charge >= 0.3 is 5.97 Å². The monoisotopic (exact) mass is 410 g/mol. The van der Waals surface area contributed by atoms with E-state index < -0.39 is 5.97 Å². The zero-order valence-electron chi connectivity index (χ0n) is 16.5. The van der Waals surface area contributed by atoms with Gasteiger partial charge in [0.2, 0.25) is 0 Å². The van der Waals surface area contributed by atoms with E-state index in [4.69, 9.17) is 4.74 Å². The zero-order chi connectivity index (χ0) is 20.8. The maximum absolute atomic E-state index is 12.7. The molecule has 7 nitrogen and oxygen atoms in total. The summed E-state index contributed by atoms with van der Waals surface area (Å²) in [6, 6.07) is 11.4. The molecule has 0 atom stereocenters. The Morgan fingerprint density at radius 3 is 2.45 bits per heavy atom. The SMILES string of the molecule is Cc1nc(-c2ncccn2)sc1C(=O)OCC(=O)N(Cc1ccccc1)C(C)C. The number of aromatic nitrogens is 3. The lowest BCUT2D eigenvalue weighted by Crippen LogP contribution is -2.39. The van der Waals surface area contributed by atoms with Crippen LogP contribution in [0.1, 0.15) is 34.8 Å². The molecule has 3 rings (SSSR count). The van der Waals surface area contributed by atoms with E-state index in [1.807, 2.05) is 44.2 Å². The average molecular weight is 410 g/mol. The Morgan fingerprint density at radius 2 is 1.79 bits per heavy atom. The highest BCUT2D eigenvalue weighted by atomic mass is 32.1. The fourth-order valence-electron chi connectivity index (χ4n) is 2.71. The average Bonchev–Trinajstić information content (AvgIpc) is 3.13. The van der Waals surface area contributed by atoms with Gasteiger partial charge in [-0.1, -0.05) is 30.3 Å². The lowest BCUT2D eigenvalue weighted by molar-refractivity contribution is -0.136. The number of thiazole rings is 1. The summed E-state index contributed by atoms with van der Waals surface area (Å²) in [5.41, 5.74) is 1.55. The van der Waals surface area contributed by atoms with Crippen LogP contribution in [0.4, 0.5) is 0 Å². The van der Waals surface area contributed by atoms with Crippen molar-refractivity contribution in [1.82, 2.24) is 19.9 Å². The van der Waals surface area contributed by atoms with Gasteiger partial charge in [-0.15, -0.1) is 11.3 Å². The fourth-order valence-corrected chi connectivity index (χ4v) is 3.61. The zero-order valence-corrected chi connectivity index (χ0v) is 17.3. The van der Waals surface area contributed by atoms with Gasteiger partial charge in [-0.3, -0.25) is 4.79 Å². The topological polar surface area (TPSA) is 85.3 Å². The molecule has 0 spiro atoms. The molecular weight excluding hydrogens is 388 g/mol. The minimum Gasteiger partial charge on any atom is -0.451 e. The van der Waals surface area contributed by atoms with Gasteiger partial charge in [-0.25, -0.2) is 19.7 Å². The predicted molar refractivity (Wildman–Crippen MR) is 110 cm³/mol. The van der Waals surface area contributed by atoms with Crippen LogP contribution in [0.15, 0.2) is 48.8 Å². The van der Waals surface area contributed by atoms with Crippen molar-refractivity contribution >= 4 is 23.2 Å². The Bertz CT molecular complexity index is 974. The molecule has 0 N–H and O–H groups in total. The van der Waals surface area contributed by atoms with Crippen molar-refractivity contribution in [2.75, 3.05) is 6.61 Å². The van der Waals surface area contributed by atoms with Crippen molar-refractivity contribution < 1.29 is 14.3 Å². The number of esters is 1. The normalized spacial score (nSPS) is 10.8. The molecule has 0 unspecified atom stereocenters. The number of nitrogens with zero attached hydrogens (tertiary/aromatic N) is 4. The molecule has 150 valence electrons. The minimum absolute atomic E-state index is 0.0200. The molecule has 0 radical (unpaired) electrons. The van der Waals surface area contributed by atoms with E-state index in [0.29, 0.717) is 27.9 Å². The summed E-state index contributed by atoms with van der Waals surface area (Å²) in [6.07, 6.45) is 3.23. The molecule has 0 bridgehead atoms. The van der Waals surface area contributed by atoms with Gasteiger partial charge < -0.3 is 9.64 Å². The molecule has 0 aliphatic carbocycles. The molecule has 1 aromatic carbocycles. The van der Waals surface area contributed by atoms with E-state index in [1.54, 1.807) is 30.3 Å². The Morgan fingerprint density at radius 1 is 1.10 bits per heavy atom. The van der Waals surface area contributed by atoms with Crippen molar-refractivity contribution in [2.24, 2.45) is 0 Å². The largest absolute Gasteiger partial charge is 0.451 e. The van der Waals surface area contributed by atoms with E-state index in [0.717, 1.165) is 16.9 Å². The summed E-state index contributed by atoms with van der Waals surface area (Å²) in [4.78, 5) is 39.8. The van der Waals surface area contributed by atoms with E-state index in [1.165, 1.54) is 0 Å². The van der Waals surface area contributed by atoms with Gasteiger partial charge in [0.25, 0.3) is 5.91 Å². The number of ether oxygens (including phenoxy) is 1. The van der Waals surface area contributed by atoms with Crippen LogP contribution in [0.2, 0.25) is 0 Å². The lowest BCUT2D eigenvalue weighted by Gasteiger charge is -2.26. The molecule has 8 heteroatoms. The van der Waals surface area contributed by atoms with Crippen molar-refractivity contribution in [3.63, 3.8) is 0 Å². The van der Waals surface area contributed by atoms with Crippen LogP contribution >= 0.6 is 11.3 Å². The second-order valence-corrected chi connectivity index (χ2v) is 7.68. The number of rotatable bonds is 7. The van der Waals surface area contributed by atoms with Gasteiger partial charge in [-0.05, 0) is 32.4 Å². The van der Waals surface area contributed by atoms with Crippen LogP contribution < -0.4 is 0 Å². The van der Waals surface area contributed by atoms with Crippen LogP contribution in [0.25, 0.3) is 10.8 Å². The quantitative estimate of drug-likeness (QED) is 0.554. The van der Waals surface area contributed by atoms with Gasteiger partial charge in [0.05, 0.1) is 5.69 Å². The molecule has 29 heavy (non-hydrogen) atoms. The van der Waals surface area contributed by atoms with Crippen molar-refractivity contribution in [3.05, 3.63) is 64.9 Å². The number of aryl methyl sites for hydroxylation is 1. The number of hydrogen-bond donors (Lipinski definition) is 0. The molecule has 0 aliphatic heterocycles. The molecule has 1 amide bonds. The van der Waals surface area contributed by atoms with Crippen LogP contribution in [0.5, 0.6) is 0 Å². The molecule has 0 fully saturated rings. The summed E-state index contributed by atoms with van der Waals surface area (Å²) in [7, 11) is 0. The Labute approximate surface area is 173 Å². The fraction of sp³-hybridized carbons (Fsp3) is 0.286. The van der Waals surface area contributed by atoms with E-state index in [9.17, 15) is 9.59 Å². The van der Waals surface area contributed by atoms with Crippen LogP contribution in [0, 0.1) is 6.92 Å². The Balaban J connectivity index is 1.65. The Kier molecular flexibility index (Phi) is 6.66. The lowest BCUT2D eigenvalue weighted by atomic mass is 10.2. The van der Waals surface area contributed by atoms with Gasteiger partial charge in [0, 0.05) is 25.0 Å².